The summed E-state index contributed by atoms with van der Waals surface area (Å²) in [5.74, 6) is -0.911. The van der Waals surface area contributed by atoms with Crippen molar-refractivity contribution in [3.8, 4) is 0 Å². The largest absolute Gasteiger partial charge is 0.452 e. The Kier molecular flexibility index (Phi) is 6.19. The molecule has 0 bridgehead atoms. The highest BCUT2D eigenvalue weighted by Crippen LogP contribution is 2.17. The Labute approximate surface area is 147 Å². The Balaban J connectivity index is 1.85. The zero-order valence-corrected chi connectivity index (χ0v) is 14.7. The zero-order chi connectivity index (χ0) is 16.8. The van der Waals surface area contributed by atoms with E-state index in [0.29, 0.717) is 10.6 Å². The molecule has 0 heterocycles. The topological polar surface area (TPSA) is 55.4 Å². The molecule has 0 radical (unpaired) electrons. The number of benzene rings is 2. The highest BCUT2D eigenvalue weighted by atomic mass is 79.9. The molecule has 23 heavy (non-hydrogen) atoms. The van der Waals surface area contributed by atoms with Crippen molar-refractivity contribution in [2.24, 2.45) is 0 Å². The Morgan fingerprint density at radius 1 is 1.22 bits per heavy atom. The van der Waals surface area contributed by atoms with Crippen LogP contribution in [0.3, 0.4) is 0 Å². The van der Waals surface area contributed by atoms with Gasteiger partial charge in [0, 0.05) is 9.50 Å². The lowest BCUT2D eigenvalue weighted by molar-refractivity contribution is -0.124. The van der Waals surface area contributed by atoms with Crippen molar-refractivity contribution in [1.29, 1.82) is 0 Å². The molecule has 6 heteroatoms. The fraction of sp³-hybridized carbons (Fsp3) is 0.176. The third-order valence-electron chi connectivity index (χ3n) is 3.14. The molecule has 1 atom stereocenters. The maximum absolute atomic E-state index is 11.9. The summed E-state index contributed by atoms with van der Waals surface area (Å²) in [5, 5.41) is 3.36. The molecule has 0 aliphatic heterocycles. The van der Waals surface area contributed by atoms with Crippen LogP contribution in [-0.2, 0) is 9.53 Å². The molecule has 0 aromatic heterocycles. The second kappa shape index (κ2) is 8.13. The number of carbonyl (C=O) groups excluding carboxylic acids is 2. The molecule has 1 N–H and O–H groups in total. The minimum atomic E-state index is -0.539. The molecule has 0 saturated heterocycles. The van der Waals surface area contributed by atoms with Crippen LogP contribution >= 0.6 is 27.5 Å². The molecule has 2 rings (SSSR count). The van der Waals surface area contributed by atoms with Gasteiger partial charge in [-0.3, -0.25) is 4.79 Å². The van der Waals surface area contributed by atoms with Gasteiger partial charge >= 0.3 is 5.97 Å². The average Bonchev–Trinajstić information content (AvgIpc) is 2.53. The van der Waals surface area contributed by atoms with Gasteiger partial charge in [-0.05, 0) is 48.9 Å². The van der Waals surface area contributed by atoms with Crippen LogP contribution in [0.4, 0.5) is 0 Å². The average molecular weight is 397 g/mol. The van der Waals surface area contributed by atoms with Gasteiger partial charge in [-0.1, -0.05) is 39.7 Å². The normalized spacial score (nSPS) is 11.6. The smallest absolute Gasteiger partial charge is 0.338 e. The third kappa shape index (κ3) is 5.37. The van der Waals surface area contributed by atoms with E-state index in [1.54, 1.807) is 36.4 Å². The maximum atomic E-state index is 11.9. The summed E-state index contributed by atoms with van der Waals surface area (Å²) in [6, 6.07) is 13.7. The Hall–Kier alpha value is -1.85. The van der Waals surface area contributed by atoms with E-state index >= 15 is 0 Å². The molecule has 0 aliphatic carbocycles. The standard InChI is InChI=1S/C17H15BrClNO3/c1-11(13-3-2-4-15(19)9-13)20-16(21)10-23-17(22)12-5-7-14(18)8-6-12/h2-9,11H,10H2,1H3,(H,20,21)/t11-/m0/s1. The third-order valence-corrected chi connectivity index (χ3v) is 3.90. The van der Waals surface area contributed by atoms with Crippen LogP contribution < -0.4 is 5.32 Å². The Morgan fingerprint density at radius 3 is 2.57 bits per heavy atom. The number of rotatable bonds is 5. The summed E-state index contributed by atoms with van der Waals surface area (Å²) in [5.41, 5.74) is 1.27. The lowest BCUT2D eigenvalue weighted by atomic mass is 10.1. The lowest BCUT2D eigenvalue weighted by Crippen LogP contribution is -2.31. The van der Waals surface area contributed by atoms with E-state index in [1.165, 1.54) is 0 Å². The Bertz CT molecular complexity index is 703. The van der Waals surface area contributed by atoms with E-state index in [2.05, 4.69) is 21.2 Å². The van der Waals surface area contributed by atoms with Crippen LogP contribution in [0.5, 0.6) is 0 Å². The minimum Gasteiger partial charge on any atom is -0.452 e. The quantitative estimate of drug-likeness (QED) is 0.773. The van der Waals surface area contributed by atoms with E-state index in [0.717, 1.165) is 10.0 Å². The van der Waals surface area contributed by atoms with Crippen molar-refractivity contribution < 1.29 is 14.3 Å². The molecular formula is C17H15BrClNO3. The first kappa shape index (κ1) is 17.5. The van der Waals surface area contributed by atoms with E-state index < -0.39 is 5.97 Å². The number of halogens is 2. The van der Waals surface area contributed by atoms with Crippen molar-refractivity contribution in [1.82, 2.24) is 5.32 Å². The summed E-state index contributed by atoms with van der Waals surface area (Å²) in [4.78, 5) is 23.7. The SMILES string of the molecule is C[C@H](NC(=O)COC(=O)c1ccc(Br)cc1)c1cccc(Cl)c1. The van der Waals surface area contributed by atoms with Gasteiger partial charge in [0.2, 0.25) is 0 Å². The van der Waals surface area contributed by atoms with Crippen LogP contribution in [0.1, 0.15) is 28.9 Å². The molecule has 0 spiro atoms. The highest BCUT2D eigenvalue weighted by Gasteiger charge is 2.13. The van der Waals surface area contributed by atoms with Crippen LogP contribution in [-0.4, -0.2) is 18.5 Å². The molecule has 0 aliphatic rings. The van der Waals surface area contributed by atoms with Gasteiger partial charge in [-0.15, -0.1) is 0 Å². The van der Waals surface area contributed by atoms with Gasteiger partial charge < -0.3 is 10.1 Å². The summed E-state index contributed by atoms with van der Waals surface area (Å²) in [7, 11) is 0. The lowest BCUT2D eigenvalue weighted by Gasteiger charge is -2.14. The zero-order valence-electron chi connectivity index (χ0n) is 12.4. The predicted octanol–water partition coefficient (Wildman–Crippen LogP) is 4.14. The van der Waals surface area contributed by atoms with E-state index in [9.17, 15) is 9.59 Å². The van der Waals surface area contributed by atoms with E-state index in [1.807, 2.05) is 19.1 Å². The van der Waals surface area contributed by atoms with Crippen LogP contribution in [0.25, 0.3) is 0 Å². The minimum absolute atomic E-state index is 0.229. The van der Waals surface area contributed by atoms with Gasteiger partial charge in [0.25, 0.3) is 5.91 Å². The molecule has 0 fully saturated rings. The first-order valence-corrected chi connectivity index (χ1v) is 8.10. The number of carbonyl (C=O) groups is 2. The van der Waals surface area contributed by atoms with Gasteiger partial charge in [0.15, 0.2) is 6.61 Å². The van der Waals surface area contributed by atoms with Gasteiger partial charge in [-0.25, -0.2) is 4.79 Å². The summed E-state index contributed by atoms with van der Waals surface area (Å²) < 4.78 is 5.86. The summed E-state index contributed by atoms with van der Waals surface area (Å²) in [6.45, 7) is 1.50. The van der Waals surface area contributed by atoms with Crippen molar-refractivity contribution >= 4 is 39.4 Å². The van der Waals surface area contributed by atoms with E-state index in [4.69, 9.17) is 16.3 Å². The van der Waals surface area contributed by atoms with Gasteiger partial charge in [0.05, 0.1) is 11.6 Å². The van der Waals surface area contributed by atoms with Gasteiger partial charge in [-0.2, -0.15) is 0 Å². The number of esters is 1. The molecule has 120 valence electrons. The first-order chi connectivity index (χ1) is 11.0. The molecule has 0 unspecified atom stereocenters. The van der Waals surface area contributed by atoms with Crippen molar-refractivity contribution in [2.45, 2.75) is 13.0 Å². The van der Waals surface area contributed by atoms with Crippen LogP contribution in [0.2, 0.25) is 5.02 Å². The monoisotopic (exact) mass is 395 g/mol. The molecule has 4 nitrogen and oxygen atoms in total. The second-order valence-electron chi connectivity index (χ2n) is 4.93. The molecule has 1 amide bonds. The number of hydrogen-bond donors (Lipinski definition) is 1. The van der Waals surface area contributed by atoms with Crippen LogP contribution in [0.15, 0.2) is 53.0 Å². The predicted molar refractivity (Wildman–Crippen MR) is 92.4 cm³/mol. The summed E-state index contributed by atoms with van der Waals surface area (Å²) >= 11 is 9.21. The molecular weight excluding hydrogens is 382 g/mol. The number of hydrogen-bond acceptors (Lipinski definition) is 3. The van der Waals surface area contributed by atoms with Crippen molar-refractivity contribution in [3.05, 3.63) is 69.2 Å². The maximum Gasteiger partial charge on any atom is 0.338 e. The van der Waals surface area contributed by atoms with Crippen LogP contribution in [0, 0.1) is 0 Å². The number of ether oxygens (including phenoxy) is 1. The number of amides is 1. The molecule has 2 aromatic carbocycles. The highest BCUT2D eigenvalue weighted by molar-refractivity contribution is 9.10. The molecule has 0 saturated carbocycles. The second-order valence-corrected chi connectivity index (χ2v) is 6.28. The fourth-order valence-corrected chi connectivity index (χ4v) is 2.41. The number of nitrogens with one attached hydrogen (secondary N) is 1. The molecule has 2 aromatic rings. The van der Waals surface area contributed by atoms with E-state index in [-0.39, 0.29) is 18.6 Å². The fourth-order valence-electron chi connectivity index (χ4n) is 1.94. The van der Waals surface area contributed by atoms with Crippen molar-refractivity contribution in [3.63, 3.8) is 0 Å². The summed E-state index contributed by atoms with van der Waals surface area (Å²) in [6.07, 6.45) is 0. The first-order valence-electron chi connectivity index (χ1n) is 6.93. The van der Waals surface area contributed by atoms with Crippen molar-refractivity contribution in [2.75, 3.05) is 6.61 Å². The Morgan fingerprint density at radius 2 is 1.91 bits per heavy atom. The van der Waals surface area contributed by atoms with Gasteiger partial charge in [0.1, 0.15) is 0 Å².